The lowest BCUT2D eigenvalue weighted by Crippen LogP contribution is -2.09. The Morgan fingerprint density at radius 2 is 1.95 bits per heavy atom. The molecular weight excluding hydrogens is 304 g/mol. The Balaban J connectivity index is 2.19. The van der Waals surface area contributed by atoms with Gasteiger partial charge < -0.3 is 4.74 Å². The zero-order valence-corrected chi connectivity index (χ0v) is 12.3. The van der Waals surface area contributed by atoms with Crippen LogP contribution in [0.2, 0.25) is 0 Å². The van der Waals surface area contributed by atoms with Crippen LogP contribution in [0.3, 0.4) is 0 Å². The maximum atomic E-state index is 12.1. The second-order valence-electron chi connectivity index (χ2n) is 4.26. The van der Waals surface area contributed by atoms with E-state index in [-0.39, 0.29) is 5.97 Å². The first-order valence-corrected chi connectivity index (χ1v) is 7.05. The summed E-state index contributed by atoms with van der Waals surface area (Å²) in [4.78, 5) is 12.1. The van der Waals surface area contributed by atoms with Gasteiger partial charge in [0, 0.05) is 4.47 Å². The zero-order chi connectivity index (χ0) is 13.7. The van der Waals surface area contributed by atoms with Gasteiger partial charge in [-0.25, -0.2) is 4.79 Å². The van der Waals surface area contributed by atoms with E-state index in [1.165, 1.54) is 0 Å². The van der Waals surface area contributed by atoms with E-state index in [4.69, 9.17) is 4.74 Å². The summed E-state index contributed by atoms with van der Waals surface area (Å²) in [6.45, 7) is 2.10. The lowest BCUT2D eigenvalue weighted by Gasteiger charge is -2.09. The van der Waals surface area contributed by atoms with Gasteiger partial charge in [-0.2, -0.15) is 0 Å². The van der Waals surface area contributed by atoms with Crippen molar-refractivity contribution in [1.29, 1.82) is 0 Å². The average Bonchev–Trinajstić information content (AvgIpc) is 2.41. The van der Waals surface area contributed by atoms with E-state index in [2.05, 4.69) is 22.9 Å². The Labute approximate surface area is 121 Å². The maximum absolute atomic E-state index is 12.1. The van der Waals surface area contributed by atoms with Crippen molar-refractivity contribution in [1.82, 2.24) is 0 Å². The predicted molar refractivity (Wildman–Crippen MR) is 79.5 cm³/mol. The van der Waals surface area contributed by atoms with Crippen molar-refractivity contribution in [2.45, 2.75) is 19.8 Å². The number of benzene rings is 2. The fourth-order valence-electron chi connectivity index (χ4n) is 1.85. The Bertz CT molecular complexity index is 578. The molecule has 0 aliphatic rings. The van der Waals surface area contributed by atoms with Gasteiger partial charge in [-0.1, -0.05) is 53.5 Å². The normalized spacial score (nSPS) is 10.2. The summed E-state index contributed by atoms with van der Waals surface area (Å²) in [5, 5.41) is 0. The third-order valence-corrected chi connectivity index (χ3v) is 3.25. The summed E-state index contributed by atoms with van der Waals surface area (Å²) in [6.07, 6.45) is 1.92. The van der Waals surface area contributed by atoms with Crippen molar-refractivity contribution in [2.24, 2.45) is 0 Å². The van der Waals surface area contributed by atoms with Crippen molar-refractivity contribution < 1.29 is 9.53 Å². The monoisotopic (exact) mass is 318 g/mol. The van der Waals surface area contributed by atoms with Crippen LogP contribution < -0.4 is 4.74 Å². The molecular formula is C16H15BrO2. The minimum Gasteiger partial charge on any atom is -0.423 e. The maximum Gasteiger partial charge on any atom is 0.343 e. The molecule has 19 heavy (non-hydrogen) atoms. The lowest BCUT2D eigenvalue weighted by molar-refractivity contribution is 0.0733. The van der Waals surface area contributed by atoms with E-state index in [9.17, 15) is 4.79 Å². The van der Waals surface area contributed by atoms with Crippen LogP contribution in [0, 0.1) is 0 Å². The molecule has 2 aromatic carbocycles. The molecule has 0 aromatic heterocycles. The first kappa shape index (κ1) is 13.8. The number of halogens is 1. The minimum absolute atomic E-state index is 0.329. The van der Waals surface area contributed by atoms with Gasteiger partial charge in [-0.15, -0.1) is 0 Å². The third-order valence-electron chi connectivity index (χ3n) is 2.75. The topological polar surface area (TPSA) is 26.3 Å². The van der Waals surface area contributed by atoms with E-state index >= 15 is 0 Å². The molecule has 3 heteroatoms. The van der Waals surface area contributed by atoms with E-state index in [1.54, 1.807) is 12.1 Å². The molecule has 0 saturated heterocycles. The van der Waals surface area contributed by atoms with Crippen LogP contribution >= 0.6 is 15.9 Å². The molecule has 2 nitrogen and oxygen atoms in total. The summed E-state index contributed by atoms with van der Waals surface area (Å²) < 4.78 is 6.34. The minimum atomic E-state index is -0.329. The van der Waals surface area contributed by atoms with Gasteiger partial charge in [-0.3, -0.25) is 0 Å². The van der Waals surface area contributed by atoms with Crippen LogP contribution in [-0.2, 0) is 6.42 Å². The zero-order valence-electron chi connectivity index (χ0n) is 10.7. The quantitative estimate of drug-likeness (QED) is 0.607. The highest BCUT2D eigenvalue weighted by Gasteiger charge is 2.11. The van der Waals surface area contributed by atoms with Crippen molar-refractivity contribution in [3.05, 3.63) is 64.1 Å². The number of aryl methyl sites for hydroxylation is 1. The van der Waals surface area contributed by atoms with E-state index in [0.29, 0.717) is 11.3 Å². The standard InChI is InChI=1S/C16H15BrO2/c1-2-6-12-7-3-4-10-15(12)19-16(18)13-8-5-9-14(17)11-13/h3-5,7-11H,2,6H2,1H3. The lowest BCUT2D eigenvalue weighted by atomic mass is 10.1. The molecule has 98 valence electrons. The first-order chi connectivity index (χ1) is 9.20. The summed E-state index contributed by atoms with van der Waals surface area (Å²) in [5.74, 6) is 0.319. The van der Waals surface area contributed by atoms with Crippen molar-refractivity contribution >= 4 is 21.9 Å². The number of carbonyl (C=O) groups is 1. The van der Waals surface area contributed by atoms with Gasteiger partial charge in [0.05, 0.1) is 5.56 Å². The van der Waals surface area contributed by atoms with E-state index < -0.39 is 0 Å². The smallest absolute Gasteiger partial charge is 0.343 e. The van der Waals surface area contributed by atoms with Crippen molar-refractivity contribution in [3.8, 4) is 5.75 Å². The summed E-state index contributed by atoms with van der Waals surface area (Å²) in [5.41, 5.74) is 1.61. The number of hydrogen-bond acceptors (Lipinski definition) is 2. The Hall–Kier alpha value is -1.61. The molecule has 0 saturated carbocycles. The van der Waals surface area contributed by atoms with Crippen molar-refractivity contribution in [3.63, 3.8) is 0 Å². The van der Waals surface area contributed by atoms with Gasteiger partial charge in [-0.05, 0) is 36.2 Å². The van der Waals surface area contributed by atoms with Crippen LogP contribution in [0.15, 0.2) is 53.0 Å². The molecule has 0 fully saturated rings. The second kappa shape index (κ2) is 6.53. The Kier molecular flexibility index (Phi) is 4.74. The number of ether oxygens (including phenoxy) is 1. The highest BCUT2D eigenvalue weighted by atomic mass is 79.9. The number of para-hydroxylation sites is 1. The van der Waals surface area contributed by atoms with Crippen LogP contribution in [0.1, 0.15) is 29.3 Å². The van der Waals surface area contributed by atoms with Crippen LogP contribution in [0.25, 0.3) is 0 Å². The summed E-state index contributed by atoms with van der Waals surface area (Å²) >= 11 is 3.35. The fraction of sp³-hybridized carbons (Fsp3) is 0.188. The van der Waals surface area contributed by atoms with Gasteiger partial charge in [0.15, 0.2) is 0 Å². The van der Waals surface area contributed by atoms with E-state index in [1.807, 2.05) is 36.4 Å². The summed E-state index contributed by atoms with van der Waals surface area (Å²) in [7, 11) is 0. The molecule has 0 amide bonds. The van der Waals surface area contributed by atoms with Crippen LogP contribution in [0.5, 0.6) is 5.75 Å². The number of rotatable bonds is 4. The highest BCUT2D eigenvalue weighted by Crippen LogP contribution is 2.21. The molecule has 0 unspecified atom stereocenters. The molecule has 0 N–H and O–H groups in total. The van der Waals surface area contributed by atoms with Gasteiger partial charge >= 0.3 is 5.97 Å². The molecule has 0 heterocycles. The van der Waals surface area contributed by atoms with E-state index in [0.717, 1.165) is 22.9 Å². The Morgan fingerprint density at radius 3 is 2.68 bits per heavy atom. The molecule has 0 aliphatic carbocycles. The molecule has 0 spiro atoms. The number of hydrogen-bond donors (Lipinski definition) is 0. The van der Waals surface area contributed by atoms with Crippen LogP contribution in [-0.4, -0.2) is 5.97 Å². The number of carbonyl (C=O) groups excluding carboxylic acids is 1. The third kappa shape index (κ3) is 3.67. The number of esters is 1. The highest BCUT2D eigenvalue weighted by molar-refractivity contribution is 9.10. The molecule has 0 radical (unpaired) electrons. The predicted octanol–water partition coefficient (Wildman–Crippen LogP) is 4.62. The summed E-state index contributed by atoms with van der Waals surface area (Å²) in [6, 6.07) is 14.9. The van der Waals surface area contributed by atoms with Crippen molar-refractivity contribution in [2.75, 3.05) is 0 Å². The van der Waals surface area contributed by atoms with Gasteiger partial charge in [0.25, 0.3) is 0 Å². The molecule has 0 atom stereocenters. The van der Waals surface area contributed by atoms with Gasteiger partial charge in [0.2, 0.25) is 0 Å². The SMILES string of the molecule is CCCc1ccccc1OC(=O)c1cccc(Br)c1. The Morgan fingerprint density at radius 1 is 1.16 bits per heavy atom. The average molecular weight is 319 g/mol. The van der Waals surface area contributed by atoms with Gasteiger partial charge in [0.1, 0.15) is 5.75 Å². The molecule has 2 aromatic rings. The largest absolute Gasteiger partial charge is 0.423 e. The molecule has 2 rings (SSSR count). The molecule has 0 bridgehead atoms. The second-order valence-corrected chi connectivity index (χ2v) is 5.17. The first-order valence-electron chi connectivity index (χ1n) is 6.26. The van der Waals surface area contributed by atoms with Crippen LogP contribution in [0.4, 0.5) is 0 Å². The molecule has 0 aliphatic heterocycles. The fourth-order valence-corrected chi connectivity index (χ4v) is 2.25.